The van der Waals surface area contributed by atoms with Crippen LogP contribution in [-0.4, -0.2) is 46.2 Å². The quantitative estimate of drug-likeness (QED) is 0.422. The van der Waals surface area contributed by atoms with Crippen molar-refractivity contribution in [2.24, 2.45) is 0 Å². The van der Waals surface area contributed by atoms with Crippen molar-refractivity contribution in [1.82, 2.24) is 20.4 Å². The highest BCUT2D eigenvalue weighted by atomic mass is 79.9. The summed E-state index contributed by atoms with van der Waals surface area (Å²) in [5.74, 6) is -0.122. The Morgan fingerprint density at radius 2 is 1.82 bits per heavy atom. The number of H-pyrrole nitrogens is 1. The van der Waals surface area contributed by atoms with Crippen molar-refractivity contribution in [2.45, 2.75) is 25.4 Å². The van der Waals surface area contributed by atoms with E-state index in [2.05, 4.69) is 53.8 Å². The second-order valence-corrected chi connectivity index (χ2v) is 8.92. The third kappa shape index (κ3) is 6.13. The van der Waals surface area contributed by atoms with Gasteiger partial charge in [0.25, 0.3) is 11.8 Å². The monoisotopic (exact) mass is 531 g/mol. The molecule has 2 aromatic carbocycles. The van der Waals surface area contributed by atoms with Crippen molar-refractivity contribution in [3.63, 3.8) is 0 Å². The molecule has 1 saturated heterocycles. The Kier molecular flexibility index (Phi) is 7.64. The van der Waals surface area contributed by atoms with Crippen molar-refractivity contribution < 1.29 is 14.3 Å². The average Bonchev–Trinajstić information content (AvgIpc) is 3.15. The number of likely N-dealkylation sites (tertiary alicyclic amines) is 1. The van der Waals surface area contributed by atoms with Crippen LogP contribution in [0.3, 0.4) is 0 Å². The summed E-state index contributed by atoms with van der Waals surface area (Å²) in [5, 5.41) is 12.5. The SMILES string of the molecule is O=C(NC1CCN(Cc2ccccc2)CC1)Oc1n[nH]c(NC(=O)c2ccccc2Cl)c1Br. The number of carbonyl (C=O) groups is 2. The minimum atomic E-state index is -0.590. The van der Waals surface area contributed by atoms with Crippen LogP contribution in [0.25, 0.3) is 0 Å². The van der Waals surface area contributed by atoms with Crippen LogP contribution < -0.4 is 15.4 Å². The molecule has 3 N–H and O–H groups in total. The number of halogens is 2. The van der Waals surface area contributed by atoms with E-state index in [9.17, 15) is 9.59 Å². The van der Waals surface area contributed by atoms with E-state index in [1.807, 2.05) is 18.2 Å². The van der Waals surface area contributed by atoms with Crippen molar-refractivity contribution in [1.29, 1.82) is 0 Å². The zero-order valence-electron chi connectivity index (χ0n) is 17.7. The van der Waals surface area contributed by atoms with Crippen LogP contribution in [0.15, 0.2) is 59.1 Å². The van der Waals surface area contributed by atoms with Crippen molar-refractivity contribution in [3.05, 3.63) is 75.2 Å². The van der Waals surface area contributed by atoms with Gasteiger partial charge in [-0.25, -0.2) is 4.79 Å². The van der Waals surface area contributed by atoms with Crippen LogP contribution in [-0.2, 0) is 6.54 Å². The Labute approximate surface area is 204 Å². The lowest BCUT2D eigenvalue weighted by Crippen LogP contribution is -2.45. The fourth-order valence-electron chi connectivity index (χ4n) is 3.65. The van der Waals surface area contributed by atoms with E-state index in [4.69, 9.17) is 16.3 Å². The second kappa shape index (κ2) is 10.8. The van der Waals surface area contributed by atoms with Crippen LogP contribution in [0, 0.1) is 0 Å². The lowest BCUT2D eigenvalue weighted by molar-refractivity contribution is 0.102. The van der Waals surface area contributed by atoms with Crippen molar-refractivity contribution in [2.75, 3.05) is 18.4 Å². The van der Waals surface area contributed by atoms with Crippen LogP contribution in [0.4, 0.5) is 10.6 Å². The fourth-order valence-corrected chi connectivity index (χ4v) is 4.23. The third-order valence-electron chi connectivity index (χ3n) is 5.38. The number of ether oxygens (including phenoxy) is 1. The molecular formula is C23H23BrClN5O3. The third-order valence-corrected chi connectivity index (χ3v) is 6.45. The van der Waals surface area contributed by atoms with Gasteiger partial charge in [-0.1, -0.05) is 54.1 Å². The Morgan fingerprint density at radius 3 is 2.55 bits per heavy atom. The van der Waals surface area contributed by atoms with Gasteiger partial charge in [0.1, 0.15) is 10.3 Å². The predicted octanol–water partition coefficient (Wildman–Crippen LogP) is 4.83. The normalized spacial score (nSPS) is 14.6. The molecule has 8 nitrogen and oxygen atoms in total. The summed E-state index contributed by atoms with van der Waals surface area (Å²) < 4.78 is 5.66. The lowest BCUT2D eigenvalue weighted by Gasteiger charge is -2.32. The van der Waals surface area contributed by atoms with Gasteiger partial charge < -0.3 is 15.4 Å². The van der Waals surface area contributed by atoms with Gasteiger partial charge in [0, 0.05) is 25.7 Å². The molecule has 172 valence electrons. The minimum Gasteiger partial charge on any atom is -0.388 e. The molecule has 3 aromatic rings. The predicted molar refractivity (Wildman–Crippen MR) is 130 cm³/mol. The molecule has 0 atom stereocenters. The highest BCUT2D eigenvalue weighted by molar-refractivity contribution is 9.10. The zero-order valence-corrected chi connectivity index (χ0v) is 20.0. The molecular weight excluding hydrogens is 510 g/mol. The van der Waals surface area contributed by atoms with E-state index < -0.39 is 12.0 Å². The average molecular weight is 533 g/mol. The largest absolute Gasteiger partial charge is 0.414 e. The molecule has 0 aliphatic carbocycles. The molecule has 0 bridgehead atoms. The number of piperidine rings is 1. The summed E-state index contributed by atoms with van der Waals surface area (Å²) in [4.78, 5) is 27.2. The van der Waals surface area contributed by atoms with Gasteiger partial charge in [-0.15, -0.1) is 5.10 Å². The van der Waals surface area contributed by atoms with E-state index in [1.54, 1.807) is 24.3 Å². The van der Waals surface area contributed by atoms with Gasteiger partial charge in [-0.3, -0.25) is 14.8 Å². The smallest absolute Gasteiger partial charge is 0.388 e. The number of aromatic amines is 1. The maximum atomic E-state index is 12.4. The Bertz CT molecular complexity index is 1120. The van der Waals surface area contributed by atoms with Gasteiger partial charge in [0.15, 0.2) is 0 Å². The zero-order chi connectivity index (χ0) is 23.2. The molecule has 33 heavy (non-hydrogen) atoms. The first-order valence-electron chi connectivity index (χ1n) is 10.5. The molecule has 1 aliphatic rings. The van der Waals surface area contributed by atoms with Gasteiger partial charge in [-0.2, -0.15) is 0 Å². The van der Waals surface area contributed by atoms with Crippen LogP contribution in [0.2, 0.25) is 5.02 Å². The molecule has 1 fully saturated rings. The summed E-state index contributed by atoms with van der Waals surface area (Å²) in [6.45, 7) is 2.69. The first kappa shape index (κ1) is 23.3. The lowest BCUT2D eigenvalue weighted by atomic mass is 10.0. The molecule has 10 heteroatoms. The summed E-state index contributed by atoms with van der Waals surface area (Å²) in [6, 6.07) is 17.1. The van der Waals surface area contributed by atoms with Gasteiger partial charge >= 0.3 is 6.09 Å². The van der Waals surface area contributed by atoms with Crippen molar-refractivity contribution in [3.8, 4) is 5.88 Å². The topological polar surface area (TPSA) is 99.3 Å². The van der Waals surface area contributed by atoms with E-state index in [0.29, 0.717) is 15.1 Å². The first-order valence-corrected chi connectivity index (χ1v) is 11.7. The summed E-state index contributed by atoms with van der Waals surface area (Å²) in [6.07, 6.45) is 1.08. The highest BCUT2D eigenvalue weighted by Crippen LogP contribution is 2.30. The number of benzene rings is 2. The second-order valence-electron chi connectivity index (χ2n) is 7.72. The molecule has 1 aromatic heterocycles. The standard InChI is InChI=1S/C23H23BrClN5O3/c24-19-20(27-21(31)17-8-4-5-9-18(17)25)28-29-22(19)33-23(32)26-16-10-12-30(13-11-16)14-15-6-2-1-3-7-15/h1-9,16H,10-14H2,(H,26,32)(H2,27,28,29,31). The summed E-state index contributed by atoms with van der Waals surface area (Å²) in [7, 11) is 0. The number of rotatable bonds is 6. The number of nitrogens with one attached hydrogen (secondary N) is 3. The van der Waals surface area contributed by atoms with Crippen LogP contribution in [0.1, 0.15) is 28.8 Å². The Morgan fingerprint density at radius 1 is 1.12 bits per heavy atom. The molecule has 2 heterocycles. The molecule has 0 unspecified atom stereocenters. The van der Waals surface area contributed by atoms with E-state index in [1.165, 1.54) is 5.56 Å². The number of hydrogen-bond acceptors (Lipinski definition) is 5. The number of nitrogens with zero attached hydrogens (tertiary/aromatic N) is 2. The van der Waals surface area contributed by atoms with Crippen molar-refractivity contribution >= 4 is 45.3 Å². The van der Waals surface area contributed by atoms with Crippen LogP contribution in [0.5, 0.6) is 5.88 Å². The highest BCUT2D eigenvalue weighted by Gasteiger charge is 2.23. The van der Waals surface area contributed by atoms with Gasteiger partial charge in [0.05, 0.1) is 10.6 Å². The Hall–Kier alpha value is -2.88. The summed E-state index contributed by atoms with van der Waals surface area (Å²) >= 11 is 9.37. The molecule has 0 saturated carbocycles. The number of hydrogen-bond donors (Lipinski definition) is 3. The fraction of sp³-hybridized carbons (Fsp3) is 0.261. The Balaban J connectivity index is 1.26. The minimum absolute atomic E-state index is 0.0293. The number of anilines is 1. The van der Waals surface area contributed by atoms with Crippen LogP contribution >= 0.6 is 27.5 Å². The first-order chi connectivity index (χ1) is 16.0. The molecule has 1 aliphatic heterocycles. The molecule has 0 radical (unpaired) electrons. The molecule has 4 rings (SSSR count). The number of aromatic nitrogens is 2. The number of amides is 2. The van der Waals surface area contributed by atoms with Gasteiger partial charge in [-0.05, 0) is 46.5 Å². The van der Waals surface area contributed by atoms with Gasteiger partial charge in [0.2, 0.25) is 0 Å². The maximum absolute atomic E-state index is 12.4. The van der Waals surface area contributed by atoms with E-state index in [-0.39, 0.29) is 17.7 Å². The maximum Gasteiger partial charge on any atom is 0.414 e. The number of carbonyl (C=O) groups excluding carboxylic acids is 2. The van der Waals surface area contributed by atoms with E-state index in [0.717, 1.165) is 32.5 Å². The summed E-state index contributed by atoms with van der Waals surface area (Å²) in [5.41, 5.74) is 1.60. The molecule has 0 spiro atoms. The van der Waals surface area contributed by atoms with E-state index >= 15 is 0 Å². The molecule has 2 amide bonds.